The fourth-order valence-corrected chi connectivity index (χ4v) is 2.54. The summed E-state index contributed by atoms with van der Waals surface area (Å²) in [7, 11) is 0. The Balaban J connectivity index is 2.18. The quantitative estimate of drug-likeness (QED) is 0.725. The number of aliphatic hydroxyl groups excluding tert-OH is 1. The molecule has 4 N–H and O–H groups in total. The van der Waals surface area contributed by atoms with Gasteiger partial charge in [0.25, 0.3) is 0 Å². The van der Waals surface area contributed by atoms with Gasteiger partial charge in [0.05, 0.1) is 23.1 Å². The summed E-state index contributed by atoms with van der Waals surface area (Å²) in [4.78, 5) is 4.34. The molecule has 20 heavy (non-hydrogen) atoms. The topological polar surface area (TPSA) is 71.2 Å². The Hall–Kier alpha value is -1.81. The first-order chi connectivity index (χ1) is 9.76. The first-order valence-corrected chi connectivity index (χ1v) is 7.24. The summed E-state index contributed by atoms with van der Waals surface area (Å²) in [6.45, 7) is 3.23. The maximum Gasteiger partial charge on any atom is 0.0743 e. The number of benzene rings is 1. The second-order valence-corrected chi connectivity index (χ2v) is 5.15. The number of rotatable bonds is 7. The Morgan fingerprint density at radius 1 is 1.30 bits per heavy atom. The Morgan fingerprint density at radius 3 is 2.85 bits per heavy atom. The molecule has 1 aromatic heterocycles. The fourth-order valence-electron chi connectivity index (χ4n) is 2.54. The molecule has 0 aliphatic carbocycles. The molecule has 2 aromatic rings. The van der Waals surface area contributed by atoms with Gasteiger partial charge in [0.2, 0.25) is 0 Å². The third-order valence-electron chi connectivity index (χ3n) is 3.61. The molecule has 1 aromatic carbocycles. The van der Waals surface area contributed by atoms with Crippen LogP contribution in [0.2, 0.25) is 0 Å². The number of nitrogen functional groups attached to an aromatic ring is 1. The van der Waals surface area contributed by atoms with Gasteiger partial charge < -0.3 is 16.2 Å². The number of hydrogen-bond acceptors (Lipinski definition) is 4. The molecule has 1 atom stereocenters. The van der Waals surface area contributed by atoms with Crippen LogP contribution in [0.25, 0.3) is 10.9 Å². The fraction of sp³-hybridized carbons (Fsp3) is 0.438. The van der Waals surface area contributed by atoms with Crippen LogP contribution in [0.1, 0.15) is 26.2 Å². The van der Waals surface area contributed by atoms with Gasteiger partial charge in [-0.1, -0.05) is 31.5 Å². The molecule has 2 rings (SSSR count). The number of nitrogens with zero attached hydrogens (tertiary/aromatic N) is 1. The van der Waals surface area contributed by atoms with Crippen molar-refractivity contribution in [3.05, 3.63) is 30.5 Å². The van der Waals surface area contributed by atoms with E-state index in [1.807, 2.05) is 24.3 Å². The van der Waals surface area contributed by atoms with Crippen LogP contribution in [0.4, 0.5) is 11.4 Å². The molecule has 0 saturated carbocycles. The molecule has 108 valence electrons. The lowest BCUT2D eigenvalue weighted by Gasteiger charge is -2.18. The Bertz CT molecular complexity index is 550. The van der Waals surface area contributed by atoms with Crippen molar-refractivity contribution >= 4 is 22.3 Å². The Morgan fingerprint density at radius 2 is 2.10 bits per heavy atom. The van der Waals surface area contributed by atoms with E-state index in [-0.39, 0.29) is 6.61 Å². The first kappa shape index (κ1) is 14.6. The molecular weight excluding hydrogens is 250 g/mol. The average molecular weight is 273 g/mol. The van der Waals surface area contributed by atoms with Crippen LogP contribution >= 0.6 is 0 Å². The summed E-state index contributed by atoms with van der Waals surface area (Å²) in [5.74, 6) is 0.469. The number of anilines is 2. The van der Waals surface area contributed by atoms with E-state index in [9.17, 15) is 0 Å². The van der Waals surface area contributed by atoms with E-state index in [4.69, 9.17) is 10.8 Å². The SMILES string of the molecule is CCCC(CCO)CNc1c(N)cnc2ccccc12. The number of hydrogen-bond donors (Lipinski definition) is 3. The average Bonchev–Trinajstić information content (AvgIpc) is 2.46. The molecule has 1 heterocycles. The number of nitrogens with one attached hydrogen (secondary N) is 1. The number of pyridine rings is 1. The highest BCUT2D eigenvalue weighted by Crippen LogP contribution is 2.28. The molecule has 4 heteroatoms. The van der Waals surface area contributed by atoms with Crippen molar-refractivity contribution in [3.63, 3.8) is 0 Å². The number of nitrogens with two attached hydrogens (primary N) is 1. The molecule has 0 bridgehead atoms. The molecule has 0 radical (unpaired) electrons. The normalized spacial score (nSPS) is 12.5. The summed E-state index contributed by atoms with van der Waals surface area (Å²) in [6.07, 6.45) is 4.75. The monoisotopic (exact) mass is 273 g/mol. The van der Waals surface area contributed by atoms with E-state index in [0.717, 1.165) is 42.4 Å². The third-order valence-corrected chi connectivity index (χ3v) is 3.61. The molecule has 0 saturated heterocycles. The van der Waals surface area contributed by atoms with Gasteiger partial charge in [-0.15, -0.1) is 0 Å². The lowest BCUT2D eigenvalue weighted by atomic mass is 10.00. The van der Waals surface area contributed by atoms with E-state index in [2.05, 4.69) is 17.2 Å². The van der Waals surface area contributed by atoms with E-state index in [1.165, 1.54) is 0 Å². The third kappa shape index (κ3) is 3.39. The molecule has 1 unspecified atom stereocenters. The van der Waals surface area contributed by atoms with Gasteiger partial charge in [-0.05, 0) is 24.8 Å². The smallest absolute Gasteiger partial charge is 0.0743 e. The van der Waals surface area contributed by atoms with Crippen molar-refractivity contribution in [2.45, 2.75) is 26.2 Å². The minimum atomic E-state index is 0.235. The predicted molar refractivity (Wildman–Crippen MR) is 84.7 cm³/mol. The molecule has 0 fully saturated rings. The van der Waals surface area contributed by atoms with Crippen LogP contribution in [0.15, 0.2) is 30.5 Å². The largest absolute Gasteiger partial charge is 0.396 e. The summed E-state index contributed by atoms with van der Waals surface area (Å²) in [5, 5.41) is 13.6. The highest BCUT2D eigenvalue weighted by atomic mass is 16.3. The number of para-hydroxylation sites is 1. The van der Waals surface area contributed by atoms with Crippen LogP contribution in [-0.2, 0) is 0 Å². The van der Waals surface area contributed by atoms with Crippen molar-refractivity contribution in [2.24, 2.45) is 5.92 Å². The predicted octanol–water partition coefficient (Wildman–Crippen LogP) is 3.03. The molecule has 0 aliphatic rings. The Labute approximate surface area is 120 Å². The van der Waals surface area contributed by atoms with Crippen LogP contribution < -0.4 is 11.1 Å². The second kappa shape index (κ2) is 7.10. The maximum absolute atomic E-state index is 9.12. The molecular formula is C16H23N3O. The summed E-state index contributed by atoms with van der Waals surface area (Å²) >= 11 is 0. The van der Waals surface area contributed by atoms with Crippen molar-refractivity contribution in [1.29, 1.82) is 0 Å². The zero-order valence-electron chi connectivity index (χ0n) is 12.0. The van der Waals surface area contributed by atoms with Gasteiger partial charge in [-0.25, -0.2) is 0 Å². The standard InChI is InChI=1S/C16H23N3O/c1-2-5-12(8-9-20)10-19-16-13-6-3-4-7-15(13)18-11-14(16)17/h3-4,6-7,11-12,20H,2,5,8-10,17H2,1H3,(H,18,19). The summed E-state index contributed by atoms with van der Waals surface area (Å²) in [5.41, 5.74) is 8.61. The zero-order valence-corrected chi connectivity index (χ0v) is 12.0. The summed E-state index contributed by atoms with van der Waals surface area (Å²) in [6, 6.07) is 7.98. The number of aliphatic hydroxyl groups is 1. The van der Waals surface area contributed by atoms with Crippen LogP contribution in [0.5, 0.6) is 0 Å². The van der Waals surface area contributed by atoms with Crippen molar-refractivity contribution in [2.75, 3.05) is 24.2 Å². The number of fused-ring (bicyclic) bond motifs is 1. The first-order valence-electron chi connectivity index (χ1n) is 7.24. The second-order valence-electron chi connectivity index (χ2n) is 5.15. The maximum atomic E-state index is 9.12. The molecule has 4 nitrogen and oxygen atoms in total. The van der Waals surface area contributed by atoms with Crippen LogP contribution in [0.3, 0.4) is 0 Å². The molecule has 0 spiro atoms. The van der Waals surface area contributed by atoms with Crippen LogP contribution in [-0.4, -0.2) is 23.2 Å². The van der Waals surface area contributed by atoms with Crippen LogP contribution in [0, 0.1) is 5.92 Å². The van der Waals surface area contributed by atoms with Gasteiger partial charge in [0.1, 0.15) is 0 Å². The van der Waals surface area contributed by atoms with Gasteiger partial charge in [-0.2, -0.15) is 0 Å². The highest BCUT2D eigenvalue weighted by Gasteiger charge is 2.10. The van der Waals surface area contributed by atoms with E-state index < -0.39 is 0 Å². The van der Waals surface area contributed by atoms with E-state index in [1.54, 1.807) is 6.20 Å². The van der Waals surface area contributed by atoms with E-state index in [0.29, 0.717) is 11.6 Å². The lowest BCUT2D eigenvalue weighted by Crippen LogP contribution is -2.16. The van der Waals surface area contributed by atoms with Gasteiger partial charge in [-0.3, -0.25) is 4.98 Å². The minimum Gasteiger partial charge on any atom is -0.396 e. The molecule has 0 amide bonds. The van der Waals surface area contributed by atoms with Gasteiger partial charge in [0, 0.05) is 18.5 Å². The minimum absolute atomic E-state index is 0.235. The van der Waals surface area contributed by atoms with Crippen molar-refractivity contribution in [3.8, 4) is 0 Å². The highest BCUT2D eigenvalue weighted by molar-refractivity contribution is 5.96. The lowest BCUT2D eigenvalue weighted by molar-refractivity contribution is 0.255. The van der Waals surface area contributed by atoms with Gasteiger partial charge >= 0.3 is 0 Å². The van der Waals surface area contributed by atoms with Gasteiger partial charge in [0.15, 0.2) is 0 Å². The van der Waals surface area contributed by atoms with Crippen molar-refractivity contribution in [1.82, 2.24) is 4.98 Å². The molecule has 0 aliphatic heterocycles. The van der Waals surface area contributed by atoms with Crippen molar-refractivity contribution < 1.29 is 5.11 Å². The summed E-state index contributed by atoms with van der Waals surface area (Å²) < 4.78 is 0. The van der Waals surface area contributed by atoms with E-state index >= 15 is 0 Å². The Kier molecular flexibility index (Phi) is 5.18. The number of aromatic nitrogens is 1. The zero-order chi connectivity index (χ0) is 14.4.